The van der Waals surface area contributed by atoms with Crippen molar-refractivity contribution >= 4 is 5.96 Å². The third kappa shape index (κ3) is 5.94. The van der Waals surface area contributed by atoms with Crippen LogP contribution in [0.5, 0.6) is 0 Å². The maximum absolute atomic E-state index is 5.80. The number of nitrogens with one attached hydrogen (secondary N) is 1. The highest BCUT2D eigenvalue weighted by Crippen LogP contribution is 2.01. The van der Waals surface area contributed by atoms with Gasteiger partial charge in [0.25, 0.3) is 0 Å². The van der Waals surface area contributed by atoms with Crippen molar-refractivity contribution in [1.82, 2.24) is 15.1 Å². The number of aromatic nitrogens is 2. The summed E-state index contributed by atoms with van der Waals surface area (Å²) in [5.74, 6) is 0.917. The summed E-state index contributed by atoms with van der Waals surface area (Å²) in [6.45, 7) is 9.87. The lowest BCUT2D eigenvalue weighted by atomic mass is 10.1. The Labute approximate surface area is 103 Å². The van der Waals surface area contributed by atoms with Gasteiger partial charge in [0.1, 0.15) is 0 Å². The monoisotopic (exact) mass is 237 g/mol. The predicted molar refractivity (Wildman–Crippen MR) is 70.8 cm³/mol. The fourth-order valence-corrected chi connectivity index (χ4v) is 1.46. The molecule has 96 valence electrons. The van der Waals surface area contributed by atoms with Gasteiger partial charge in [-0.15, -0.1) is 0 Å². The van der Waals surface area contributed by atoms with Crippen molar-refractivity contribution in [1.29, 1.82) is 0 Å². The van der Waals surface area contributed by atoms with Crippen LogP contribution in [0, 0.1) is 5.92 Å². The maximum Gasteiger partial charge on any atom is 0.188 e. The van der Waals surface area contributed by atoms with Crippen LogP contribution in [0.15, 0.2) is 23.5 Å². The molecular weight excluding hydrogens is 214 g/mol. The van der Waals surface area contributed by atoms with Gasteiger partial charge in [-0.3, -0.25) is 9.67 Å². The summed E-state index contributed by atoms with van der Waals surface area (Å²) in [4.78, 5) is 4.33. The third-order valence-electron chi connectivity index (χ3n) is 2.13. The van der Waals surface area contributed by atoms with Gasteiger partial charge in [0, 0.05) is 31.0 Å². The van der Waals surface area contributed by atoms with Gasteiger partial charge < -0.3 is 11.1 Å². The van der Waals surface area contributed by atoms with Crippen LogP contribution in [0.3, 0.4) is 0 Å². The summed E-state index contributed by atoms with van der Waals surface area (Å²) < 4.78 is 1.91. The molecule has 0 aliphatic carbocycles. The van der Waals surface area contributed by atoms with Crippen molar-refractivity contribution in [2.45, 2.75) is 39.8 Å². The molecule has 0 aliphatic heterocycles. The minimum Gasteiger partial charge on any atom is -0.370 e. The van der Waals surface area contributed by atoms with E-state index >= 15 is 0 Å². The second-order valence-electron chi connectivity index (χ2n) is 5.43. The van der Waals surface area contributed by atoms with Gasteiger partial charge in [-0.2, -0.15) is 5.10 Å². The molecule has 0 aromatic carbocycles. The Bertz CT molecular complexity index is 347. The van der Waals surface area contributed by atoms with Gasteiger partial charge in [0.2, 0.25) is 0 Å². The average Bonchev–Trinajstić information content (AvgIpc) is 2.64. The summed E-state index contributed by atoms with van der Waals surface area (Å²) in [6.07, 6.45) is 3.74. The lowest BCUT2D eigenvalue weighted by Gasteiger charge is -2.21. The lowest BCUT2D eigenvalue weighted by Crippen LogP contribution is -2.45. The molecule has 0 saturated carbocycles. The van der Waals surface area contributed by atoms with Gasteiger partial charge in [-0.25, -0.2) is 0 Å². The van der Waals surface area contributed by atoms with E-state index in [1.165, 1.54) is 0 Å². The van der Waals surface area contributed by atoms with Crippen LogP contribution in [-0.2, 0) is 6.54 Å². The number of rotatable bonds is 4. The van der Waals surface area contributed by atoms with Crippen LogP contribution in [0.25, 0.3) is 0 Å². The highest BCUT2D eigenvalue weighted by molar-refractivity contribution is 5.78. The Balaban J connectivity index is 2.36. The standard InChI is InChI=1S/C12H23N5/c1-10(9-17-7-5-6-15-17)8-14-11(13)16-12(2,3)4/h5-7,10H,8-9H2,1-4H3,(H3,13,14,16). The van der Waals surface area contributed by atoms with Crippen molar-refractivity contribution in [2.75, 3.05) is 6.54 Å². The first-order valence-corrected chi connectivity index (χ1v) is 5.92. The molecule has 5 nitrogen and oxygen atoms in total. The third-order valence-corrected chi connectivity index (χ3v) is 2.13. The molecule has 0 bridgehead atoms. The summed E-state index contributed by atoms with van der Waals surface area (Å²) >= 11 is 0. The van der Waals surface area contributed by atoms with Crippen LogP contribution >= 0.6 is 0 Å². The Hall–Kier alpha value is -1.52. The Morgan fingerprint density at radius 1 is 1.53 bits per heavy atom. The Morgan fingerprint density at radius 3 is 2.76 bits per heavy atom. The van der Waals surface area contributed by atoms with Crippen LogP contribution in [-0.4, -0.2) is 27.8 Å². The molecule has 1 rings (SSSR count). The average molecular weight is 237 g/mol. The molecular formula is C12H23N5. The Kier molecular flexibility index (Phi) is 4.54. The molecule has 5 heteroatoms. The number of aliphatic imine (C=N–C) groups is 1. The van der Waals surface area contributed by atoms with Crippen molar-refractivity contribution < 1.29 is 0 Å². The summed E-state index contributed by atoms with van der Waals surface area (Å²) in [5, 5.41) is 7.30. The van der Waals surface area contributed by atoms with Gasteiger partial charge in [-0.05, 0) is 32.8 Å². The highest BCUT2D eigenvalue weighted by Gasteiger charge is 2.10. The van der Waals surface area contributed by atoms with Crippen molar-refractivity contribution in [3.05, 3.63) is 18.5 Å². The highest BCUT2D eigenvalue weighted by atomic mass is 15.3. The van der Waals surface area contributed by atoms with E-state index in [0.717, 1.165) is 6.54 Å². The van der Waals surface area contributed by atoms with Gasteiger partial charge in [0.15, 0.2) is 5.96 Å². The smallest absolute Gasteiger partial charge is 0.188 e. The van der Waals surface area contributed by atoms with Gasteiger partial charge >= 0.3 is 0 Å². The van der Waals surface area contributed by atoms with Crippen LogP contribution in [0.2, 0.25) is 0 Å². The molecule has 0 radical (unpaired) electrons. The van der Waals surface area contributed by atoms with Crippen molar-refractivity contribution in [3.63, 3.8) is 0 Å². The van der Waals surface area contributed by atoms with Gasteiger partial charge in [0.05, 0.1) is 0 Å². The minimum atomic E-state index is -0.0429. The topological polar surface area (TPSA) is 68.2 Å². The minimum absolute atomic E-state index is 0.0429. The number of hydrogen-bond acceptors (Lipinski definition) is 2. The number of nitrogens with zero attached hydrogens (tertiary/aromatic N) is 3. The predicted octanol–water partition coefficient (Wildman–Crippen LogP) is 1.22. The van der Waals surface area contributed by atoms with Crippen molar-refractivity contribution in [2.24, 2.45) is 16.6 Å². The SMILES string of the molecule is CC(CN=C(N)NC(C)(C)C)Cn1cccn1. The van der Waals surface area contributed by atoms with Crippen molar-refractivity contribution in [3.8, 4) is 0 Å². The molecule has 1 aromatic rings. The molecule has 0 aliphatic rings. The number of guanidine groups is 1. The zero-order valence-electron chi connectivity index (χ0n) is 11.1. The second kappa shape index (κ2) is 5.70. The van der Waals surface area contributed by atoms with E-state index in [-0.39, 0.29) is 5.54 Å². The Morgan fingerprint density at radius 2 is 2.24 bits per heavy atom. The molecule has 0 amide bonds. The van der Waals surface area contributed by atoms with E-state index in [0.29, 0.717) is 18.4 Å². The first-order valence-electron chi connectivity index (χ1n) is 5.92. The molecule has 1 unspecified atom stereocenters. The largest absolute Gasteiger partial charge is 0.370 e. The first kappa shape index (κ1) is 13.5. The van der Waals surface area contributed by atoms with Crippen LogP contribution in [0.1, 0.15) is 27.7 Å². The molecule has 0 saturated heterocycles. The summed E-state index contributed by atoms with van der Waals surface area (Å²) in [7, 11) is 0. The summed E-state index contributed by atoms with van der Waals surface area (Å²) in [6, 6.07) is 1.92. The lowest BCUT2D eigenvalue weighted by molar-refractivity contribution is 0.456. The zero-order chi connectivity index (χ0) is 12.9. The maximum atomic E-state index is 5.80. The molecule has 0 spiro atoms. The van der Waals surface area contributed by atoms with Crippen LogP contribution in [0.4, 0.5) is 0 Å². The molecule has 17 heavy (non-hydrogen) atoms. The van der Waals surface area contributed by atoms with E-state index in [2.05, 4.69) is 43.1 Å². The fourth-order valence-electron chi connectivity index (χ4n) is 1.46. The normalized spacial score (nSPS) is 14.7. The fraction of sp³-hybridized carbons (Fsp3) is 0.667. The second-order valence-corrected chi connectivity index (χ2v) is 5.43. The zero-order valence-corrected chi connectivity index (χ0v) is 11.1. The van der Waals surface area contributed by atoms with Crippen LogP contribution < -0.4 is 11.1 Å². The summed E-state index contributed by atoms with van der Waals surface area (Å²) in [5.41, 5.74) is 5.76. The van der Waals surface area contributed by atoms with E-state index in [9.17, 15) is 0 Å². The van der Waals surface area contributed by atoms with E-state index in [1.807, 2.05) is 16.9 Å². The molecule has 1 aromatic heterocycles. The first-order chi connectivity index (χ1) is 7.87. The molecule has 1 atom stereocenters. The molecule has 3 N–H and O–H groups in total. The number of hydrogen-bond donors (Lipinski definition) is 2. The molecule has 0 fully saturated rings. The van der Waals surface area contributed by atoms with E-state index in [1.54, 1.807) is 6.20 Å². The van der Waals surface area contributed by atoms with E-state index in [4.69, 9.17) is 5.73 Å². The van der Waals surface area contributed by atoms with Gasteiger partial charge in [-0.1, -0.05) is 6.92 Å². The van der Waals surface area contributed by atoms with E-state index < -0.39 is 0 Å². The quantitative estimate of drug-likeness (QED) is 0.611. The molecule has 1 heterocycles. The number of nitrogens with two attached hydrogens (primary N) is 1.